The highest BCUT2D eigenvalue weighted by Gasteiger charge is 1.77. The molecule has 14 heavy (non-hydrogen) atoms. The van der Waals surface area contributed by atoms with Gasteiger partial charge < -0.3 is 4.74 Å². The van der Waals surface area contributed by atoms with Crippen LogP contribution in [0, 0.1) is 0 Å². The molecule has 0 rings (SSSR count). The standard InChI is InChI=1S/C7H14.C3H6O2.C2H4/c1-3-5-7-6-4-2;1-2-5-3-4;1-2/h3H,1,4-7H2,2H3;3H,2H2,1H3;1-2H2. The zero-order chi connectivity index (χ0) is 11.7. The van der Waals surface area contributed by atoms with Crippen molar-refractivity contribution < 1.29 is 9.53 Å². The van der Waals surface area contributed by atoms with Crippen molar-refractivity contribution in [3.8, 4) is 0 Å². The predicted molar refractivity (Wildman–Crippen MR) is 63.3 cm³/mol. The predicted octanol–water partition coefficient (Wildman–Crippen LogP) is 3.73. The average molecular weight is 200 g/mol. The number of hydrogen-bond donors (Lipinski definition) is 0. The van der Waals surface area contributed by atoms with Crippen LogP contribution < -0.4 is 0 Å². The Bertz CT molecular complexity index is 100. The molecule has 2 nitrogen and oxygen atoms in total. The third kappa shape index (κ3) is 44.2. The third-order valence-electron chi connectivity index (χ3n) is 1.25. The van der Waals surface area contributed by atoms with Gasteiger partial charge in [0.15, 0.2) is 0 Å². The fraction of sp³-hybridized carbons (Fsp3) is 0.583. The highest BCUT2D eigenvalue weighted by molar-refractivity contribution is 5.36. The van der Waals surface area contributed by atoms with Crippen molar-refractivity contribution in [1.82, 2.24) is 0 Å². The molecule has 0 fully saturated rings. The topological polar surface area (TPSA) is 26.3 Å². The Balaban J connectivity index is -0.000000152. The van der Waals surface area contributed by atoms with E-state index in [4.69, 9.17) is 0 Å². The second-order valence-electron chi connectivity index (χ2n) is 2.34. The number of unbranched alkanes of at least 4 members (excludes halogenated alkanes) is 3. The van der Waals surface area contributed by atoms with Gasteiger partial charge in [-0.15, -0.1) is 19.7 Å². The molecule has 0 saturated heterocycles. The Kier molecular flexibility index (Phi) is 39.6. The van der Waals surface area contributed by atoms with E-state index in [1.807, 2.05) is 6.08 Å². The van der Waals surface area contributed by atoms with Crippen LogP contribution in [0.15, 0.2) is 25.8 Å². The maximum atomic E-state index is 9.18. The molecule has 0 N–H and O–H groups in total. The van der Waals surface area contributed by atoms with Gasteiger partial charge in [0.05, 0.1) is 6.61 Å². The molecule has 0 aromatic rings. The molecule has 2 heteroatoms. The lowest BCUT2D eigenvalue weighted by Crippen LogP contribution is -1.80. The zero-order valence-corrected chi connectivity index (χ0v) is 9.63. The monoisotopic (exact) mass is 200 g/mol. The van der Waals surface area contributed by atoms with Crippen LogP contribution in [0.3, 0.4) is 0 Å². The summed E-state index contributed by atoms with van der Waals surface area (Å²) in [5.74, 6) is 0. The summed E-state index contributed by atoms with van der Waals surface area (Å²) in [4.78, 5) is 9.18. The molecule has 0 saturated carbocycles. The van der Waals surface area contributed by atoms with Crippen molar-refractivity contribution in [2.75, 3.05) is 6.61 Å². The molecule has 0 amide bonds. The van der Waals surface area contributed by atoms with Crippen LogP contribution in [0.1, 0.15) is 39.5 Å². The van der Waals surface area contributed by atoms with Gasteiger partial charge in [-0.05, 0) is 19.8 Å². The summed E-state index contributed by atoms with van der Waals surface area (Å²) in [6.07, 6.45) is 7.16. The molecule has 0 heterocycles. The van der Waals surface area contributed by atoms with E-state index in [9.17, 15) is 4.79 Å². The maximum Gasteiger partial charge on any atom is 0.293 e. The first-order chi connectivity index (χ1) is 6.83. The Hall–Kier alpha value is -1.05. The lowest BCUT2D eigenvalue weighted by atomic mass is 10.2. The van der Waals surface area contributed by atoms with Crippen LogP contribution in [0.2, 0.25) is 0 Å². The first-order valence-corrected chi connectivity index (χ1v) is 4.99. The Morgan fingerprint density at radius 3 is 2.00 bits per heavy atom. The van der Waals surface area contributed by atoms with Gasteiger partial charge in [0.1, 0.15) is 0 Å². The lowest BCUT2D eigenvalue weighted by molar-refractivity contribution is -0.128. The summed E-state index contributed by atoms with van der Waals surface area (Å²) >= 11 is 0. The van der Waals surface area contributed by atoms with Gasteiger partial charge in [-0.3, -0.25) is 4.79 Å². The van der Waals surface area contributed by atoms with Crippen LogP contribution in [0.5, 0.6) is 0 Å². The molecular weight excluding hydrogens is 176 g/mol. The molecule has 0 aliphatic heterocycles. The van der Waals surface area contributed by atoms with E-state index < -0.39 is 0 Å². The largest absolute Gasteiger partial charge is 0.468 e. The molecule has 84 valence electrons. The molecular formula is C12H24O2. The minimum Gasteiger partial charge on any atom is -0.468 e. The van der Waals surface area contributed by atoms with Crippen LogP contribution in [0.4, 0.5) is 0 Å². The maximum absolute atomic E-state index is 9.18. The first kappa shape index (κ1) is 18.7. The van der Waals surface area contributed by atoms with E-state index in [2.05, 4.69) is 31.4 Å². The van der Waals surface area contributed by atoms with Gasteiger partial charge in [-0.2, -0.15) is 0 Å². The number of carbonyl (C=O) groups excluding carboxylic acids is 1. The SMILES string of the molecule is C=C.C=CCCCCC.CCOC=O. The number of ether oxygens (including phenoxy) is 1. The summed E-state index contributed by atoms with van der Waals surface area (Å²) < 4.78 is 4.15. The number of allylic oxidation sites excluding steroid dienone is 1. The normalized spacial score (nSPS) is 7.00. The quantitative estimate of drug-likeness (QED) is 0.371. The molecule has 0 bridgehead atoms. The van der Waals surface area contributed by atoms with Crippen molar-refractivity contribution in [3.63, 3.8) is 0 Å². The lowest BCUT2D eigenvalue weighted by Gasteiger charge is -1.87. The summed E-state index contributed by atoms with van der Waals surface area (Å²) in [5.41, 5.74) is 0. The second-order valence-corrected chi connectivity index (χ2v) is 2.34. The van der Waals surface area contributed by atoms with Gasteiger partial charge in [-0.1, -0.05) is 25.8 Å². The van der Waals surface area contributed by atoms with Gasteiger partial charge in [-0.25, -0.2) is 0 Å². The van der Waals surface area contributed by atoms with E-state index in [-0.39, 0.29) is 0 Å². The Labute approximate surface area is 88.7 Å². The van der Waals surface area contributed by atoms with E-state index in [1.165, 1.54) is 25.7 Å². The zero-order valence-electron chi connectivity index (χ0n) is 9.63. The van der Waals surface area contributed by atoms with Gasteiger partial charge in [0.2, 0.25) is 0 Å². The van der Waals surface area contributed by atoms with Crippen molar-refractivity contribution in [3.05, 3.63) is 25.8 Å². The summed E-state index contributed by atoms with van der Waals surface area (Å²) in [7, 11) is 0. The van der Waals surface area contributed by atoms with E-state index in [0.717, 1.165) is 0 Å². The summed E-state index contributed by atoms with van der Waals surface area (Å²) in [5, 5.41) is 0. The molecule has 0 radical (unpaired) electrons. The smallest absolute Gasteiger partial charge is 0.293 e. The van der Waals surface area contributed by atoms with Crippen molar-refractivity contribution in [1.29, 1.82) is 0 Å². The van der Waals surface area contributed by atoms with Crippen LogP contribution in [0.25, 0.3) is 0 Å². The Morgan fingerprint density at radius 1 is 1.21 bits per heavy atom. The van der Waals surface area contributed by atoms with E-state index >= 15 is 0 Å². The molecule has 0 atom stereocenters. The van der Waals surface area contributed by atoms with Gasteiger partial charge >= 0.3 is 0 Å². The van der Waals surface area contributed by atoms with E-state index in [1.54, 1.807) is 6.92 Å². The average Bonchev–Trinajstić information content (AvgIpc) is 2.24. The summed E-state index contributed by atoms with van der Waals surface area (Å²) in [6, 6.07) is 0. The number of rotatable bonds is 6. The highest BCUT2D eigenvalue weighted by atomic mass is 16.5. The number of carbonyl (C=O) groups is 1. The first-order valence-electron chi connectivity index (χ1n) is 4.99. The molecule has 0 spiro atoms. The van der Waals surface area contributed by atoms with Crippen LogP contribution in [-0.2, 0) is 9.53 Å². The fourth-order valence-corrected chi connectivity index (χ4v) is 0.607. The van der Waals surface area contributed by atoms with Gasteiger partial charge in [0.25, 0.3) is 6.47 Å². The van der Waals surface area contributed by atoms with Gasteiger partial charge in [0, 0.05) is 0 Å². The molecule has 0 aromatic heterocycles. The van der Waals surface area contributed by atoms with Crippen molar-refractivity contribution >= 4 is 6.47 Å². The number of hydrogen-bond acceptors (Lipinski definition) is 2. The third-order valence-corrected chi connectivity index (χ3v) is 1.25. The highest BCUT2D eigenvalue weighted by Crippen LogP contribution is 1.97. The minimum absolute atomic E-state index is 0.431. The molecule has 0 aliphatic carbocycles. The van der Waals surface area contributed by atoms with Crippen LogP contribution >= 0.6 is 0 Å². The second kappa shape index (κ2) is 29.7. The van der Waals surface area contributed by atoms with E-state index in [0.29, 0.717) is 13.1 Å². The molecule has 0 aliphatic rings. The minimum atomic E-state index is 0.431. The molecule has 0 aromatic carbocycles. The van der Waals surface area contributed by atoms with Crippen molar-refractivity contribution in [2.24, 2.45) is 0 Å². The van der Waals surface area contributed by atoms with Crippen molar-refractivity contribution in [2.45, 2.75) is 39.5 Å². The molecule has 0 unspecified atom stereocenters. The summed E-state index contributed by atoms with van der Waals surface area (Å²) in [6.45, 7) is 14.5. The van der Waals surface area contributed by atoms with Crippen LogP contribution in [-0.4, -0.2) is 13.1 Å². The Morgan fingerprint density at radius 2 is 1.79 bits per heavy atom. The fourth-order valence-electron chi connectivity index (χ4n) is 0.607.